The number of hydrogen-bond donors (Lipinski definition) is 2. The number of carboxylic acid groups (broad SMARTS) is 1. The number of aliphatic carboxylic acids is 1. The monoisotopic (exact) mass is 478 g/mol. The number of hydrogen-bond acceptors (Lipinski definition) is 5. The highest BCUT2D eigenvalue weighted by molar-refractivity contribution is 5.97. The smallest absolute Gasteiger partial charge is 0.407 e. The van der Waals surface area contributed by atoms with Crippen molar-refractivity contribution in [3.05, 3.63) is 77.2 Å². The predicted octanol–water partition coefficient (Wildman–Crippen LogP) is 4.93. The number of carbonyl (C=O) groups is 3. The second-order valence-corrected chi connectivity index (χ2v) is 10.2. The molecule has 7 nitrogen and oxygen atoms in total. The first-order chi connectivity index (χ1) is 16.4. The third-order valence-corrected chi connectivity index (χ3v) is 5.51. The summed E-state index contributed by atoms with van der Waals surface area (Å²) in [6.45, 7) is 10.6. The molecule has 3 rings (SSSR count). The van der Waals surface area contributed by atoms with Gasteiger partial charge >= 0.3 is 12.1 Å². The van der Waals surface area contributed by atoms with Crippen LogP contribution in [0.4, 0.5) is 4.79 Å². The Hall–Kier alpha value is -3.61. The molecule has 0 saturated carbocycles. The first-order valence-corrected chi connectivity index (χ1v) is 11.8. The van der Waals surface area contributed by atoms with E-state index in [0.29, 0.717) is 12.5 Å². The summed E-state index contributed by atoms with van der Waals surface area (Å²) in [6, 6.07) is 9.83. The van der Waals surface area contributed by atoms with Crippen molar-refractivity contribution in [1.82, 2.24) is 10.2 Å². The van der Waals surface area contributed by atoms with Crippen LogP contribution in [0.25, 0.3) is 5.57 Å². The molecule has 1 aromatic rings. The van der Waals surface area contributed by atoms with E-state index in [0.717, 1.165) is 34.1 Å². The number of nitrogens with zero attached hydrogens (tertiary/aromatic N) is 1. The van der Waals surface area contributed by atoms with Crippen molar-refractivity contribution in [2.24, 2.45) is 11.8 Å². The van der Waals surface area contributed by atoms with Crippen molar-refractivity contribution in [3.63, 3.8) is 0 Å². The third kappa shape index (κ3) is 6.94. The number of allylic oxidation sites excluding steroid dienone is 5. The number of carboxylic acids is 1. The minimum Gasteiger partial charge on any atom is -0.478 e. The Morgan fingerprint density at radius 3 is 2.51 bits per heavy atom. The van der Waals surface area contributed by atoms with Crippen molar-refractivity contribution in [1.29, 1.82) is 0 Å². The summed E-state index contributed by atoms with van der Waals surface area (Å²) in [5.41, 5.74) is 3.91. The van der Waals surface area contributed by atoms with Crippen LogP contribution in [-0.4, -0.2) is 46.5 Å². The van der Waals surface area contributed by atoms with Gasteiger partial charge in [0.05, 0.1) is 12.5 Å². The van der Waals surface area contributed by atoms with Crippen molar-refractivity contribution in [2.75, 3.05) is 13.1 Å². The van der Waals surface area contributed by atoms with Crippen molar-refractivity contribution >= 4 is 23.4 Å². The summed E-state index contributed by atoms with van der Waals surface area (Å²) >= 11 is 0. The minimum atomic E-state index is -1.09. The molecule has 2 aliphatic rings. The zero-order valence-electron chi connectivity index (χ0n) is 21.0. The van der Waals surface area contributed by atoms with Crippen LogP contribution < -0.4 is 5.32 Å². The number of amides is 1. The molecule has 0 saturated heterocycles. The largest absolute Gasteiger partial charge is 0.478 e. The van der Waals surface area contributed by atoms with Crippen molar-refractivity contribution in [3.8, 4) is 0 Å². The number of rotatable bonds is 7. The lowest BCUT2D eigenvalue weighted by Gasteiger charge is -2.37. The normalized spacial score (nSPS) is 18.4. The van der Waals surface area contributed by atoms with Gasteiger partial charge in [-0.1, -0.05) is 56.3 Å². The lowest BCUT2D eigenvalue weighted by atomic mass is 9.78. The van der Waals surface area contributed by atoms with Gasteiger partial charge in [-0.3, -0.25) is 4.79 Å². The first kappa shape index (κ1) is 26.0. The van der Waals surface area contributed by atoms with Gasteiger partial charge in [-0.2, -0.15) is 0 Å². The molecule has 0 radical (unpaired) electrons. The summed E-state index contributed by atoms with van der Waals surface area (Å²) in [5, 5.41) is 11.9. The van der Waals surface area contributed by atoms with Crippen LogP contribution in [0.1, 0.15) is 46.6 Å². The average molecular weight is 479 g/mol. The Balaban J connectivity index is 2.12. The van der Waals surface area contributed by atoms with E-state index in [9.17, 15) is 14.4 Å². The number of fused-ring (bicyclic) bond motifs is 1. The molecule has 1 aromatic carbocycles. The first-order valence-electron chi connectivity index (χ1n) is 11.8. The molecule has 1 aliphatic heterocycles. The third-order valence-electron chi connectivity index (χ3n) is 5.51. The number of Topliss-reactive ketones (excluding diaryl/α,β-unsaturated/α-hetero) is 1. The van der Waals surface area contributed by atoms with E-state index >= 15 is 0 Å². The van der Waals surface area contributed by atoms with Crippen LogP contribution in [0.2, 0.25) is 0 Å². The van der Waals surface area contributed by atoms with Gasteiger partial charge < -0.3 is 20.1 Å². The molecule has 2 N–H and O–H groups in total. The SMILES string of the molecule is CC(C)CN1C=C2CC(=O)C(/C=C/C(=O)O)C=C2C(c2ccccc2)=C1CNC(=O)OC(C)(C)C. The van der Waals surface area contributed by atoms with Crippen molar-refractivity contribution in [2.45, 2.75) is 46.6 Å². The van der Waals surface area contributed by atoms with Crippen LogP contribution in [0.15, 0.2) is 71.6 Å². The molecule has 0 fully saturated rings. The molecule has 7 heteroatoms. The summed E-state index contributed by atoms with van der Waals surface area (Å²) in [7, 11) is 0. The predicted molar refractivity (Wildman–Crippen MR) is 135 cm³/mol. The van der Waals surface area contributed by atoms with E-state index < -0.39 is 23.6 Å². The Labute approximate surface area is 206 Å². The highest BCUT2D eigenvalue weighted by Crippen LogP contribution is 2.42. The molecule has 186 valence electrons. The van der Waals surface area contributed by atoms with Gasteiger partial charge in [0.25, 0.3) is 0 Å². The van der Waals surface area contributed by atoms with Gasteiger partial charge in [-0.15, -0.1) is 0 Å². The molecule has 0 spiro atoms. The molecule has 0 aromatic heterocycles. The number of nitrogens with one attached hydrogen (secondary N) is 1. The van der Waals surface area contributed by atoms with Crippen LogP contribution in [0.3, 0.4) is 0 Å². The fourth-order valence-electron chi connectivity index (χ4n) is 4.20. The summed E-state index contributed by atoms with van der Waals surface area (Å²) in [6.07, 6.45) is 5.96. The quantitative estimate of drug-likeness (QED) is 0.539. The zero-order chi connectivity index (χ0) is 25.8. The minimum absolute atomic E-state index is 0.0512. The topological polar surface area (TPSA) is 95.9 Å². The van der Waals surface area contributed by atoms with Crippen LogP contribution in [0, 0.1) is 11.8 Å². The summed E-state index contributed by atoms with van der Waals surface area (Å²) in [4.78, 5) is 38.5. The maximum Gasteiger partial charge on any atom is 0.407 e. The second kappa shape index (κ2) is 10.8. The second-order valence-electron chi connectivity index (χ2n) is 10.2. The van der Waals surface area contributed by atoms with E-state index in [4.69, 9.17) is 9.84 Å². The Morgan fingerprint density at radius 2 is 1.91 bits per heavy atom. The van der Waals surface area contributed by atoms with Crippen molar-refractivity contribution < 1.29 is 24.2 Å². The lowest BCUT2D eigenvalue weighted by Crippen LogP contribution is -2.38. The highest BCUT2D eigenvalue weighted by atomic mass is 16.6. The molecule has 1 unspecified atom stereocenters. The van der Waals surface area contributed by atoms with E-state index in [-0.39, 0.29) is 18.7 Å². The molecule has 1 aliphatic carbocycles. The van der Waals surface area contributed by atoms with Crippen LogP contribution in [0.5, 0.6) is 0 Å². The molecule has 35 heavy (non-hydrogen) atoms. The molecule has 1 atom stereocenters. The molecular weight excluding hydrogens is 444 g/mol. The summed E-state index contributed by atoms with van der Waals surface area (Å²) < 4.78 is 5.45. The number of benzene rings is 1. The van der Waals surface area contributed by atoms with E-state index in [2.05, 4.69) is 24.1 Å². The van der Waals surface area contributed by atoms with Gasteiger partial charge in [0.1, 0.15) is 11.4 Å². The van der Waals surface area contributed by atoms with E-state index in [1.165, 1.54) is 6.08 Å². The zero-order valence-corrected chi connectivity index (χ0v) is 21.0. The van der Waals surface area contributed by atoms with E-state index in [1.54, 1.807) is 0 Å². The molecule has 1 amide bonds. The molecule has 1 heterocycles. The fourth-order valence-corrected chi connectivity index (χ4v) is 4.20. The molecule has 0 bridgehead atoms. The summed E-state index contributed by atoms with van der Waals surface area (Å²) in [5.74, 6) is -1.44. The Kier molecular flexibility index (Phi) is 7.99. The van der Waals surface area contributed by atoms with Gasteiger partial charge in [-0.05, 0) is 43.4 Å². The van der Waals surface area contributed by atoms with Crippen LogP contribution in [-0.2, 0) is 14.3 Å². The Morgan fingerprint density at radius 1 is 1.23 bits per heavy atom. The number of alkyl carbamates (subject to hydrolysis) is 1. The van der Waals surface area contributed by atoms with Gasteiger partial charge in [-0.25, -0.2) is 9.59 Å². The number of carbonyl (C=O) groups excluding carboxylic acids is 2. The Bertz CT molecular complexity index is 1100. The highest BCUT2D eigenvalue weighted by Gasteiger charge is 2.33. The number of ketones is 1. The van der Waals surface area contributed by atoms with Crippen LogP contribution >= 0.6 is 0 Å². The van der Waals surface area contributed by atoms with Gasteiger partial charge in [0.15, 0.2) is 0 Å². The average Bonchev–Trinajstić information content (AvgIpc) is 2.75. The maximum atomic E-state index is 12.8. The van der Waals surface area contributed by atoms with Gasteiger partial charge in [0.2, 0.25) is 0 Å². The lowest BCUT2D eigenvalue weighted by molar-refractivity contribution is -0.131. The standard InChI is InChI=1S/C28H34N2O5/c1-18(2)16-30-17-21-14-24(31)20(11-12-25(32)33)13-22(21)26(19-9-7-6-8-10-19)23(30)15-29-27(34)35-28(3,4)5/h6-13,17-18,20H,14-16H2,1-5H3,(H,29,34)(H,32,33)/b12-11+. The van der Waals surface area contributed by atoms with Gasteiger partial charge in [0, 0.05) is 36.5 Å². The fraction of sp³-hybridized carbons (Fsp3) is 0.393. The molecular formula is C28H34N2O5. The number of ether oxygens (including phenoxy) is 1. The maximum absolute atomic E-state index is 12.8. The van der Waals surface area contributed by atoms with E-state index in [1.807, 2.05) is 63.4 Å².